The zero-order valence-electron chi connectivity index (χ0n) is 20.3. The maximum Gasteiger partial charge on any atom is 0.417 e. The van der Waals surface area contributed by atoms with Gasteiger partial charge in [-0.2, -0.15) is 18.3 Å². The molecular weight excluding hydrogens is 509 g/mol. The summed E-state index contributed by atoms with van der Waals surface area (Å²) in [4.78, 5) is 7.26. The molecule has 1 N–H and O–H groups in total. The standard InChI is InChI=1S/C26H22F5N5O2/c1-14(2)13-37-15-6-7-17(19(8-15)26(29,30)31)21-9-16(38-35-21)11-36-12-23-22(10-32-36)33-25(34-23)18-4-3-5-20(27)24(18)28/h3-10,14H,11-13H2,1-2H3,(H,33,34). The number of hydrogen-bond donors (Lipinski definition) is 1. The summed E-state index contributed by atoms with van der Waals surface area (Å²) in [6.45, 7) is 4.42. The van der Waals surface area contributed by atoms with Crippen molar-refractivity contribution in [1.82, 2.24) is 20.1 Å². The minimum Gasteiger partial charge on any atom is -0.493 e. The molecule has 5 rings (SSSR count). The van der Waals surface area contributed by atoms with Crippen LogP contribution in [0.4, 0.5) is 22.0 Å². The van der Waals surface area contributed by atoms with Crippen LogP contribution >= 0.6 is 0 Å². The summed E-state index contributed by atoms with van der Waals surface area (Å²) in [5.74, 6) is -1.29. The molecule has 38 heavy (non-hydrogen) atoms. The van der Waals surface area contributed by atoms with E-state index in [9.17, 15) is 22.0 Å². The van der Waals surface area contributed by atoms with Crippen molar-refractivity contribution in [3.05, 3.63) is 76.8 Å². The number of hydrazone groups is 1. The number of ether oxygens (including phenoxy) is 1. The molecule has 2 aromatic heterocycles. The number of nitrogens with one attached hydrogen (secondary N) is 1. The van der Waals surface area contributed by atoms with E-state index < -0.39 is 23.4 Å². The van der Waals surface area contributed by atoms with Crippen molar-refractivity contribution in [2.45, 2.75) is 33.1 Å². The van der Waals surface area contributed by atoms with Gasteiger partial charge in [0.15, 0.2) is 17.4 Å². The predicted molar refractivity (Wildman–Crippen MR) is 128 cm³/mol. The van der Waals surface area contributed by atoms with Gasteiger partial charge in [0.2, 0.25) is 0 Å². The lowest BCUT2D eigenvalue weighted by Gasteiger charge is -2.19. The summed E-state index contributed by atoms with van der Waals surface area (Å²) in [6, 6.07) is 8.96. The monoisotopic (exact) mass is 531 g/mol. The van der Waals surface area contributed by atoms with Crippen molar-refractivity contribution in [2.24, 2.45) is 11.0 Å². The molecule has 3 heterocycles. The average Bonchev–Trinajstić information content (AvgIpc) is 3.50. The molecule has 0 saturated heterocycles. The zero-order valence-corrected chi connectivity index (χ0v) is 20.3. The Morgan fingerprint density at radius 2 is 1.92 bits per heavy atom. The van der Waals surface area contributed by atoms with Crippen molar-refractivity contribution in [3.8, 4) is 28.4 Å². The van der Waals surface area contributed by atoms with Crippen LogP contribution in [-0.4, -0.2) is 33.0 Å². The number of alkyl halides is 3. The molecule has 0 aliphatic carbocycles. The summed E-state index contributed by atoms with van der Waals surface area (Å²) < 4.78 is 80.0. The van der Waals surface area contributed by atoms with Gasteiger partial charge in [0.1, 0.15) is 23.0 Å². The molecule has 198 valence electrons. The van der Waals surface area contributed by atoms with Crippen LogP contribution in [0.2, 0.25) is 0 Å². The molecule has 0 bridgehead atoms. The van der Waals surface area contributed by atoms with Gasteiger partial charge in [-0.3, -0.25) is 5.01 Å². The van der Waals surface area contributed by atoms with Crippen molar-refractivity contribution >= 4 is 6.21 Å². The van der Waals surface area contributed by atoms with Crippen LogP contribution in [0.3, 0.4) is 0 Å². The third kappa shape index (κ3) is 5.24. The van der Waals surface area contributed by atoms with Crippen LogP contribution in [-0.2, 0) is 19.3 Å². The van der Waals surface area contributed by atoms with E-state index in [0.717, 1.165) is 12.1 Å². The van der Waals surface area contributed by atoms with E-state index in [2.05, 4.69) is 20.2 Å². The van der Waals surface area contributed by atoms with Crippen LogP contribution in [0, 0.1) is 17.6 Å². The molecule has 0 amide bonds. The van der Waals surface area contributed by atoms with Crippen molar-refractivity contribution in [3.63, 3.8) is 0 Å². The normalized spacial score (nSPS) is 13.3. The van der Waals surface area contributed by atoms with Gasteiger partial charge in [-0.05, 0) is 36.2 Å². The molecule has 2 aromatic carbocycles. The minimum atomic E-state index is -4.63. The van der Waals surface area contributed by atoms with Gasteiger partial charge in [0, 0.05) is 11.6 Å². The fourth-order valence-electron chi connectivity index (χ4n) is 3.95. The Hall–Kier alpha value is -4.22. The Kier molecular flexibility index (Phi) is 6.64. The van der Waals surface area contributed by atoms with E-state index in [1.807, 2.05) is 13.8 Å². The van der Waals surface area contributed by atoms with E-state index >= 15 is 0 Å². The Balaban J connectivity index is 1.33. The SMILES string of the molecule is CC(C)COc1ccc(-c2cc(CN3Cc4[nH]c(-c5cccc(F)c5F)nc4C=N3)on2)c(C(F)(F)F)c1. The number of H-pyrrole nitrogens is 1. The number of rotatable bonds is 7. The Morgan fingerprint density at radius 1 is 1.11 bits per heavy atom. The number of benzene rings is 2. The second-order valence-electron chi connectivity index (χ2n) is 9.21. The number of nitrogens with zero attached hydrogens (tertiary/aromatic N) is 4. The Labute approximate surface area is 213 Å². The van der Waals surface area contributed by atoms with Crippen molar-refractivity contribution in [2.75, 3.05) is 6.61 Å². The molecule has 0 fully saturated rings. The summed E-state index contributed by atoms with van der Waals surface area (Å²) in [5.41, 5.74) is 0.0654. The van der Waals surface area contributed by atoms with E-state index in [0.29, 0.717) is 11.4 Å². The first kappa shape index (κ1) is 25.4. The molecule has 7 nitrogen and oxygen atoms in total. The minimum absolute atomic E-state index is 0.0136. The van der Waals surface area contributed by atoms with Crippen LogP contribution in [0.5, 0.6) is 5.75 Å². The molecule has 1 aliphatic heterocycles. The number of hydrogen-bond acceptors (Lipinski definition) is 6. The van der Waals surface area contributed by atoms with E-state index in [-0.39, 0.29) is 59.8 Å². The van der Waals surface area contributed by atoms with Gasteiger partial charge in [0.05, 0.1) is 42.7 Å². The van der Waals surface area contributed by atoms with E-state index in [1.165, 1.54) is 36.5 Å². The summed E-state index contributed by atoms with van der Waals surface area (Å²) in [7, 11) is 0. The number of halogens is 5. The van der Waals surface area contributed by atoms with E-state index in [1.54, 1.807) is 5.01 Å². The van der Waals surface area contributed by atoms with Gasteiger partial charge in [-0.15, -0.1) is 0 Å². The highest BCUT2D eigenvalue weighted by molar-refractivity contribution is 5.80. The highest BCUT2D eigenvalue weighted by Crippen LogP contribution is 2.39. The maximum absolute atomic E-state index is 14.2. The molecule has 0 unspecified atom stereocenters. The fraction of sp³-hybridized carbons (Fsp3) is 0.269. The second-order valence-corrected chi connectivity index (χ2v) is 9.21. The topological polar surface area (TPSA) is 79.5 Å². The lowest BCUT2D eigenvalue weighted by molar-refractivity contribution is -0.137. The quantitative estimate of drug-likeness (QED) is 0.279. The lowest BCUT2D eigenvalue weighted by Crippen LogP contribution is -2.21. The van der Waals surface area contributed by atoms with Gasteiger partial charge in [-0.1, -0.05) is 25.1 Å². The number of imidazole rings is 1. The molecule has 0 radical (unpaired) electrons. The van der Waals surface area contributed by atoms with Gasteiger partial charge >= 0.3 is 6.18 Å². The van der Waals surface area contributed by atoms with Crippen LogP contribution < -0.4 is 4.74 Å². The maximum atomic E-state index is 14.2. The number of aromatic amines is 1. The van der Waals surface area contributed by atoms with Crippen LogP contribution in [0.25, 0.3) is 22.6 Å². The van der Waals surface area contributed by atoms with Crippen LogP contribution in [0.1, 0.15) is 36.6 Å². The molecule has 0 saturated carbocycles. The Bertz CT molecular complexity index is 1490. The fourth-order valence-corrected chi connectivity index (χ4v) is 3.95. The molecule has 1 aliphatic rings. The molecule has 0 spiro atoms. The van der Waals surface area contributed by atoms with Gasteiger partial charge in [0.25, 0.3) is 0 Å². The van der Waals surface area contributed by atoms with Crippen molar-refractivity contribution < 1.29 is 31.2 Å². The third-order valence-corrected chi connectivity index (χ3v) is 5.75. The second kappa shape index (κ2) is 9.92. The van der Waals surface area contributed by atoms with Crippen LogP contribution in [0.15, 0.2) is 52.1 Å². The summed E-state index contributed by atoms with van der Waals surface area (Å²) >= 11 is 0. The summed E-state index contributed by atoms with van der Waals surface area (Å²) in [5, 5.41) is 9.69. The largest absolute Gasteiger partial charge is 0.493 e. The number of fused-ring (bicyclic) bond motifs is 1. The van der Waals surface area contributed by atoms with Gasteiger partial charge in [-0.25, -0.2) is 13.8 Å². The van der Waals surface area contributed by atoms with E-state index in [4.69, 9.17) is 9.26 Å². The summed E-state index contributed by atoms with van der Waals surface area (Å²) in [6.07, 6.45) is -3.18. The molecule has 4 aromatic rings. The third-order valence-electron chi connectivity index (χ3n) is 5.75. The number of aromatic nitrogens is 3. The zero-order chi connectivity index (χ0) is 27.0. The molecule has 12 heteroatoms. The first-order valence-electron chi connectivity index (χ1n) is 11.7. The molecular formula is C26H22F5N5O2. The van der Waals surface area contributed by atoms with Crippen molar-refractivity contribution in [1.29, 1.82) is 0 Å². The highest BCUT2D eigenvalue weighted by atomic mass is 19.4. The molecule has 0 atom stereocenters. The predicted octanol–water partition coefficient (Wildman–Crippen LogP) is 6.41. The smallest absolute Gasteiger partial charge is 0.417 e. The lowest BCUT2D eigenvalue weighted by atomic mass is 10.0. The first-order chi connectivity index (χ1) is 18.1. The average molecular weight is 531 g/mol. The first-order valence-corrected chi connectivity index (χ1v) is 11.7. The Morgan fingerprint density at radius 3 is 2.68 bits per heavy atom. The highest BCUT2D eigenvalue weighted by Gasteiger charge is 2.35. The van der Waals surface area contributed by atoms with Gasteiger partial charge < -0.3 is 14.2 Å².